The molecule has 0 aliphatic carbocycles. The number of hydrogen-bond donors (Lipinski definition) is 2. The van der Waals surface area contributed by atoms with Crippen LogP contribution >= 0.6 is 0 Å². The van der Waals surface area contributed by atoms with Gasteiger partial charge in [-0.3, -0.25) is 10.1 Å². The number of benzene rings is 1. The van der Waals surface area contributed by atoms with Gasteiger partial charge in [-0.1, -0.05) is 24.3 Å². The molecule has 1 atom stereocenters. The number of carbonyl (C=O) groups is 1. The Balaban J connectivity index is 2.52. The summed E-state index contributed by atoms with van der Waals surface area (Å²) in [5, 5.41) is 2.99. The van der Waals surface area contributed by atoms with Crippen molar-refractivity contribution in [2.45, 2.75) is 19.1 Å². The molecule has 13 heavy (non-hydrogen) atoms. The summed E-state index contributed by atoms with van der Waals surface area (Å²) in [5.41, 5.74) is 6.63. The quantitative estimate of drug-likeness (QED) is 0.610. The predicted octanol–water partition coefficient (Wildman–Crippen LogP) is 0.647. The molecule has 2 rings (SSSR count). The largest absolute Gasteiger partial charge is 0.307 e. The monoisotopic (exact) mass is 176 g/mol. The molecule has 3 N–H and O–H groups in total. The van der Waals surface area contributed by atoms with E-state index in [-0.39, 0.29) is 5.78 Å². The Labute approximate surface area is 76.9 Å². The van der Waals surface area contributed by atoms with E-state index < -0.39 is 5.66 Å². The lowest BCUT2D eigenvalue weighted by Crippen LogP contribution is -2.59. The second-order valence-electron chi connectivity index (χ2n) is 3.54. The molecule has 1 aliphatic rings. The van der Waals surface area contributed by atoms with Gasteiger partial charge in [-0.05, 0) is 12.5 Å². The van der Waals surface area contributed by atoms with Gasteiger partial charge in [0.1, 0.15) is 5.66 Å². The fourth-order valence-corrected chi connectivity index (χ4v) is 1.53. The van der Waals surface area contributed by atoms with Crippen LogP contribution in [0.25, 0.3) is 0 Å². The van der Waals surface area contributed by atoms with Gasteiger partial charge in [0, 0.05) is 12.1 Å². The molecule has 0 bridgehead atoms. The molecule has 0 radical (unpaired) electrons. The van der Waals surface area contributed by atoms with Crippen molar-refractivity contribution < 1.29 is 4.79 Å². The van der Waals surface area contributed by atoms with Crippen LogP contribution < -0.4 is 11.1 Å². The van der Waals surface area contributed by atoms with Crippen molar-refractivity contribution in [3.8, 4) is 0 Å². The summed E-state index contributed by atoms with van der Waals surface area (Å²) in [6, 6.07) is 7.55. The summed E-state index contributed by atoms with van der Waals surface area (Å²) in [7, 11) is 0. The van der Waals surface area contributed by atoms with Gasteiger partial charge in [0.25, 0.3) is 0 Å². The first-order chi connectivity index (χ1) is 6.11. The Morgan fingerprint density at radius 1 is 1.46 bits per heavy atom. The Bertz CT molecular complexity index is 358. The molecule has 0 amide bonds. The highest BCUT2D eigenvalue weighted by Crippen LogP contribution is 2.19. The van der Waals surface area contributed by atoms with Crippen LogP contribution in [0, 0.1) is 0 Å². The third kappa shape index (κ3) is 1.26. The standard InChI is InChI=1S/C10H12N2O/c1-10(11)9(13)8-5-3-2-4-7(8)6-12-10/h2-5,12H,6,11H2,1H3/t10-/m1/s1. The van der Waals surface area contributed by atoms with Gasteiger partial charge < -0.3 is 5.73 Å². The fraction of sp³-hybridized carbons (Fsp3) is 0.300. The first-order valence-corrected chi connectivity index (χ1v) is 4.28. The number of nitrogens with one attached hydrogen (secondary N) is 1. The molecule has 3 heteroatoms. The summed E-state index contributed by atoms with van der Waals surface area (Å²) in [4.78, 5) is 11.8. The van der Waals surface area contributed by atoms with Crippen molar-refractivity contribution in [3.05, 3.63) is 35.4 Å². The number of rotatable bonds is 0. The maximum atomic E-state index is 11.8. The molecule has 1 heterocycles. The average molecular weight is 176 g/mol. The van der Waals surface area contributed by atoms with E-state index in [4.69, 9.17) is 5.73 Å². The van der Waals surface area contributed by atoms with Crippen molar-refractivity contribution in [2.24, 2.45) is 5.73 Å². The SMILES string of the molecule is C[C@@]1(N)NCc2ccccc2C1=O. The van der Waals surface area contributed by atoms with Crippen molar-refractivity contribution in [2.75, 3.05) is 0 Å². The third-order valence-corrected chi connectivity index (χ3v) is 2.38. The van der Waals surface area contributed by atoms with Crippen LogP contribution in [-0.4, -0.2) is 11.4 Å². The van der Waals surface area contributed by atoms with E-state index in [2.05, 4.69) is 5.32 Å². The molecule has 0 saturated carbocycles. The zero-order chi connectivity index (χ0) is 9.47. The summed E-state index contributed by atoms with van der Waals surface area (Å²) in [6.07, 6.45) is 0. The first-order valence-electron chi connectivity index (χ1n) is 4.28. The fourth-order valence-electron chi connectivity index (χ4n) is 1.53. The first kappa shape index (κ1) is 8.41. The molecule has 0 spiro atoms. The van der Waals surface area contributed by atoms with Crippen molar-refractivity contribution in [1.82, 2.24) is 5.32 Å². The predicted molar refractivity (Wildman–Crippen MR) is 50.2 cm³/mol. The maximum Gasteiger partial charge on any atom is 0.197 e. The highest BCUT2D eigenvalue weighted by atomic mass is 16.1. The van der Waals surface area contributed by atoms with Gasteiger partial charge in [0.05, 0.1) is 0 Å². The second-order valence-corrected chi connectivity index (χ2v) is 3.54. The minimum absolute atomic E-state index is 0.0330. The second kappa shape index (κ2) is 2.65. The number of hydrogen-bond acceptors (Lipinski definition) is 3. The van der Waals surface area contributed by atoms with E-state index in [1.165, 1.54) is 0 Å². The number of nitrogens with two attached hydrogens (primary N) is 1. The van der Waals surface area contributed by atoms with Crippen LogP contribution in [0.5, 0.6) is 0 Å². The van der Waals surface area contributed by atoms with Gasteiger partial charge in [-0.2, -0.15) is 0 Å². The van der Waals surface area contributed by atoms with Crippen LogP contribution in [0.4, 0.5) is 0 Å². The number of fused-ring (bicyclic) bond motifs is 1. The van der Waals surface area contributed by atoms with Crippen molar-refractivity contribution >= 4 is 5.78 Å². The lowest BCUT2D eigenvalue weighted by molar-refractivity contribution is 0.0853. The van der Waals surface area contributed by atoms with Crippen LogP contribution in [-0.2, 0) is 6.54 Å². The van der Waals surface area contributed by atoms with Gasteiger partial charge in [0.2, 0.25) is 0 Å². The molecule has 1 aromatic rings. The molecule has 0 fully saturated rings. The molecular formula is C10H12N2O. The van der Waals surface area contributed by atoms with E-state index in [1.807, 2.05) is 24.3 Å². The third-order valence-electron chi connectivity index (χ3n) is 2.38. The van der Waals surface area contributed by atoms with E-state index >= 15 is 0 Å². The highest BCUT2D eigenvalue weighted by Gasteiger charge is 2.33. The Morgan fingerprint density at radius 3 is 2.92 bits per heavy atom. The molecule has 0 unspecified atom stereocenters. The normalized spacial score (nSPS) is 27.1. The minimum Gasteiger partial charge on any atom is -0.307 e. The molecule has 0 aromatic heterocycles. The summed E-state index contributed by atoms with van der Waals surface area (Å²) >= 11 is 0. The summed E-state index contributed by atoms with van der Waals surface area (Å²) in [5.74, 6) is -0.0330. The van der Waals surface area contributed by atoms with Crippen LogP contribution in [0.2, 0.25) is 0 Å². The van der Waals surface area contributed by atoms with E-state index in [9.17, 15) is 4.79 Å². The smallest absolute Gasteiger partial charge is 0.197 e. The van der Waals surface area contributed by atoms with Crippen molar-refractivity contribution in [3.63, 3.8) is 0 Å². The molecule has 1 aromatic carbocycles. The highest BCUT2D eigenvalue weighted by molar-refractivity contribution is 6.04. The number of Topliss-reactive ketones (excluding diaryl/α,β-unsaturated/α-hetero) is 1. The molecule has 0 saturated heterocycles. The molecule has 1 aliphatic heterocycles. The molecule has 68 valence electrons. The topological polar surface area (TPSA) is 55.1 Å². The van der Waals surface area contributed by atoms with Crippen LogP contribution in [0.3, 0.4) is 0 Å². The Morgan fingerprint density at radius 2 is 2.15 bits per heavy atom. The van der Waals surface area contributed by atoms with Gasteiger partial charge in [-0.25, -0.2) is 0 Å². The maximum absolute atomic E-state index is 11.8. The van der Waals surface area contributed by atoms with Gasteiger partial charge >= 0.3 is 0 Å². The summed E-state index contributed by atoms with van der Waals surface area (Å²) < 4.78 is 0. The zero-order valence-corrected chi connectivity index (χ0v) is 7.50. The van der Waals surface area contributed by atoms with Crippen LogP contribution in [0.15, 0.2) is 24.3 Å². The molecular weight excluding hydrogens is 164 g/mol. The van der Waals surface area contributed by atoms with Gasteiger partial charge in [0.15, 0.2) is 5.78 Å². The minimum atomic E-state index is -0.908. The van der Waals surface area contributed by atoms with Gasteiger partial charge in [-0.15, -0.1) is 0 Å². The number of ketones is 1. The van der Waals surface area contributed by atoms with Crippen LogP contribution in [0.1, 0.15) is 22.8 Å². The van der Waals surface area contributed by atoms with E-state index in [0.29, 0.717) is 6.54 Å². The summed E-state index contributed by atoms with van der Waals surface area (Å²) in [6.45, 7) is 2.36. The lowest BCUT2D eigenvalue weighted by atomic mass is 9.91. The van der Waals surface area contributed by atoms with E-state index in [0.717, 1.165) is 11.1 Å². The number of carbonyl (C=O) groups excluding carboxylic acids is 1. The zero-order valence-electron chi connectivity index (χ0n) is 7.50. The van der Waals surface area contributed by atoms with E-state index in [1.54, 1.807) is 6.92 Å². The average Bonchev–Trinajstić information content (AvgIpc) is 2.13. The Kier molecular flexibility index (Phi) is 1.71. The lowest BCUT2D eigenvalue weighted by Gasteiger charge is -2.30. The molecule has 3 nitrogen and oxygen atoms in total. The Hall–Kier alpha value is -1.19. The van der Waals surface area contributed by atoms with Crippen molar-refractivity contribution in [1.29, 1.82) is 0 Å².